The van der Waals surface area contributed by atoms with Crippen molar-refractivity contribution in [1.29, 1.82) is 0 Å². The van der Waals surface area contributed by atoms with Gasteiger partial charge in [-0.15, -0.1) is 17.8 Å². The molecule has 68 valence electrons. The lowest BCUT2D eigenvalue weighted by atomic mass is 10.1. The smallest absolute Gasteiger partial charge is 0.123 e. The fourth-order valence-corrected chi connectivity index (χ4v) is 1.93. The zero-order valence-electron chi connectivity index (χ0n) is 7.33. The van der Waals surface area contributed by atoms with Gasteiger partial charge in [0, 0.05) is 0 Å². The molecule has 0 spiro atoms. The minimum Gasteiger partial charge on any atom is -0.207 e. The summed E-state index contributed by atoms with van der Waals surface area (Å²) in [5.41, 5.74) is 2.03. The van der Waals surface area contributed by atoms with Gasteiger partial charge in [-0.1, -0.05) is 18.1 Å². The van der Waals surface area contributed by atoms with E-state index >= 15 is 0 Å². The third-order valence-electron chi connectivity index (χ3n) is 1.92. The Hall–Kier alpha value is -1.59. The Morgan fingerprint density at radius 2 is 1.86 bits per heavy atom. The van der Waals surface area contributed by atoms with E-state index in [0.717, 1.165) is 16.0 Å². The average Bonchev–Trinajstić information content (AvgIpc) is 2.67. The van der Waals surface area contributed by atoms with Crippen LogP contribution in [0.5, 0.6) is 0 Å². The molecule has 0 atom stereocenters. The van der Waals surface area contributed by atoms with Crippen molar-refractivity contribution in [2.24, 2.45) is 0 Å². The van der Waals surface area contributed by atoms with E-state index in [0.29, 0.717) is 0 Å². The molecule has 0 aliphatic rings. The zero-order chi connectivity index (χ0) is 9.97. The van der Waals surface area contributed by atoms with E-state index in [1.807, 2.05) is 11.4 Å². The van der Waals surface area contributed by atoms with Crippen LogP contribution in [0.3, 0.4) is 0 Å². The van der Waals surface area contributed by atoms with Gasteiger partial charge in [-0.3, -0.25) is 0 Å². The quantitative estimate of drug-likeness (QED) is 0.620. The molecule has 0 fully saturated rings. The van der Waals surface area contributed by atoms with E-state index in [1.165, 1.54) is 23.5 Å². The van der Waals surface area contributed by atoms with E-state index in [1.54, 1.807) is 12.1 Å². The van der Waals surface area contributed by atoms with Crippen LogP contribution in [-0.2, 0) is 0 Å². The summed E-state index contributed by atoms with van der Waals surface area (Å²) in [6.07, 6.45) is 5.27. The van der Waals surface area contributed by atoms with E-state index in [2.05, 4.69) is 5.92 Å². The number of thiophene rings is 1. The van der Waals surface area contributed by atoms with Crippen LogP contribution in [0.15, 0.2) is 35.7 Å². The van der Waals surface area contributed by atoms with Gasteiger partial charge in [-0.2, -0.15) is 0 Å². The molecule has 0 aliphatic heterocycles. The molecule has 0 amide bonds. The minimum atomic E-state index is -0.221. The molecular formula is C12H7FS. The van der Waals surface area contributed by atoms with Crippen molar-refractivity contribution in [2.45, 2.75) is 0 Å². The maximum atomic E-state index is 12.6. The van der Waals surface area contributed by atoms with Gasteiger partial charge in [-0.05, 0) is 34.7 Å². The summed E-state index contributed by atoms with van der Waals surface area (Å²) in [4.78, 5) is 0.893. The monoisotopic (exact) mass is 202 g/mol. The second-order valence-electron chi connectivity index (χ2n) is 2.85. The maximum Gasteiger partial charge on any atom is 0.123 e. The molecule has 0 unspecified atom stereocenters. The van der Waals surface area contributed by atoms with Gasteiger partial charge in [0.25, 0.3) is 0 Å². The van der Waals surface area contributed by atoms with Crippen LogP contribution >= 0.6 is 11.3 Å². The number of rotatable bonds is 1. The first kappa shape index (κ1) is 8.98. The Morgan fingerprint density at radius 3 is 2.43 bits per heavy atom. The van der Waals surface area contributed by atoms with Crippen LogP contribution < -0.4 is 0 Å². The second-order valence-corrected chi connectivity index (χ2v) is 3.76. The Morgan fingerprint density at radius 1 is 1.14 bits per heavy atom. The van der Waals surface area contributed by atoms with E-state index < -0.39 is 0 Å². The van der Waals surface area contributed by atoms with Crippen molar-refractivity contribution < 1.29 is 4.39 Å². The van der Waals surface area contributed by atoms with Crippen LogP contribution in [0.1, 0.15) is 4.88 Å². The Labute approximate surface area is 86.0 Å². The first-order valence-corrected chi connectivity index (χ1v) is 4.98. The number of terminal acetylenes is 1. The predicted octanol–water partition coefficient (Wildman–Crippen LogP) is 3.54. The lowest BCUT2D eigenvalue weighted by Crippen LogP contribution is -1.75. The lowest BCUT2D eigenvalue weighted by molar-refractivity contribution is 0.628. The van der Waals surface area contributed by atoms with Crippen LogP contribution in [0, 0.1) is 18.2 Å². The first-order valence-electron chi connectivity index (χ1n) is 4.10. The molecule has 2 rings (SSSR count). The SMILES string of the molecule is C#Cc1cc(-c2ccc(F)cc2)cs1. The molecule has 1 heterocycles. The minimum absolute atomic E-state index is 0.221. The molecule has 0 saturated carbocycles. The van der Waals surface area contributed by atoms with Gasteiger partial charge < -0.3 is 0 Å². The molecule has 2 aromatic rings. The summed E-state index contributed by atoms with van der Waals surface area (Å²) < 4.78 is 12.6. The molecule has 0 bridgehead atoms. The lowest BCUT2D eigenvalue weighted by Gasteiger charge is -1.95. The number of hydrogen-bond donors (Lipinski definition) is 0. The van der Waals surface area contributed by atoms with E-state index in [-0.39, 0.29) is 5.82 Å². The average molecular weight is 202 g/mol. The van der Waals surface area contributed by atoms with Crippen molar-refractivity contribution in [3.05, 3.63) is 46.4 Å². The van der Waals surface area contributed by atoms with Gasteiger partial charge in [0.15, 0.2) is 0 Å². The highest BCUT2D eigenvalue weighted by molar-refractivity contribution is 7.11. The van der Waals surface area contributed by atoms with Gasteiger partial charge in [-0.25, -0.2) is 4.39 Å². The molecule has 0 N–H and O–H groups in total. The number of benzene rings is 1. The summed E-state index contributed by atoms with van der Waals surface area (Å²) in [5.74, 6) is 2.35. The fourth-order valence-electron chi connectivity index (χ4n) is 1.21. The molecule has 14 heavy (non-hydrogen) atoms. The molecule has 0 radical (unpaired) electrons. The van der Waals surface area contributed by atoms with Crippen LogP contribution in [0.25, 0.3) is 11.1 Å². The van der Waals surface area contributed by atoms with Gasteiger partial charge in [0.1, 0.15) is 5.82 Å². The topological polar surface area (TPSA) is 0 Å². The summed E-state index contributed by atoms with van der Waals surface area (Å²) >= 11 is 1.52. The van der Waals surface area contributed by atoms with E-state index in [4.69, 9.17) is 6.42 Å². The van der Waals surface area contributed by atoms with E-state index in [9.17, 15) is 4.39 Å². The van der Waals surface area contributed by atoms with Gasteiger partial charge in [0.05, 0.1) is 4.88 Å². The Balaban J connectivity index is 2.40. The predicted molar refractivity (Wildman–Crippen MR) is 57.6 cm³/mol. The highest BCUT2D eigenvalue weighted by atomic mass is 32.1. The zero-order valence-corrected chi connectivity index (χ0v) is 8.14. The Kier molecular flexibility index (Phi) is 2.34. The molecule has 0 nitrogen and oxygen atoms in total. The van der Waals surface area contributed by atoms with Gasteiger partial charge >= 0.3 is 0 Å². The molecule has 1 aromatic heterocycles. The molecule has 2 heteroatoms. The van der Waals surface area contributed by atoms with Gasteiger partial charge in [0.2, 0.25) is 0 Å². The summed E-state index contributed by atoms with van der Waals surface area (Å²) in [5, 5.41) is 1.97. The van der Waals surface area contributed by atoms with Crippen molar-refractivity contribution in [2.75, 3.05) is 0 Å². The fraction of sp³-hybridized carbons (Fsp3) is 0. The summed E-state index contributed by atoms with van der Waals surface area (Å²) in [7, 11) is 0. The van der Waals surface area contributed by atoms with Crippen LogP contribution in [0.2, 0.25) is 0 Å². The first-order chi connectivity index (χ1) is 6.79. The standard InChI is InChI=1S/C12H7FS/c1-2-12-7-10(8-14-12)9-3-5-11(13)6-4-9/h1,3-8H. The van der Waals surface area contributed by atoms with Crippen molar-refractivity contribution in [1.82, 2.24) is 0 Å². The number of halogens is 1. The van der Waals surface area contributed by atoms with Crippen molar-refractivity contribution in [3.8, 4) is 23.5 Å². The van der Waals surface area contributed by atoms with Crippen molar-refractivity contribution in [3.63, 3.8) is 0 Å². The van der Waals surface area contributed by atoms with Crippen LogP contribution in [0.4, 0.5) is 4.39 Å². The second kappa shape index (κ2) is 3.65. The normalized spacial score (nSPS) is 9.71. The Bertz CT molecular complexity index is 474. The highest BCUT2D eigenvalue weighted by Gasteiger charge is 2.00. The third-order valence-corrected chi connectivity index (χ3v) is 2.78. The number of hydrogen-bond acceptors (Lipinski definition) is 1. The molecule has 1 aromatic carbocycles. The maximum absolute atomic E-state index is 12.6. The summed E-state index contributed by atoms with van der Waals surface area (Å²) in [6.45, 7) is 0. The van der Waals surface area contributed by atoms with Crippen LogP contribution in [-0.4, -0.2) is 0 Å². The molecular weight excluding hydrogens is 195 g/mol. The third kappa shape index (κ3) is 1.68. The largest absolute Gasteiger partial charge is 0.207 e. The highest BCUT2D eigenvalue weighted by Crippen LogP contribution is 2.25. The van der Waals surface area contributed by atoms with Crippen molar-refractivity contribution >= 4 is 11.3 Å². The molecule has 0 saturated heterocycles. The molecule has 0 aliphatic carbocycles. The summed E-state index contributed by atoms with van der Waals surface area (Å²) in [6, 6.07) is 8.32.